The van der Waals surface area contributed by atoms with Gasteiger partial charge < -0.3 is 25.2 Å². The molecule has 4 rings (SSSR count). The minimum atomic E-state index is -0.525. The Kier molecular flexibility index (Phi) is 7.66. The lowest BCUT2D eigenvalue weighted by atomic mass is 10.1. The van der Waals surface area contributed by atoms with E-state index in [-0.39, 0.29) is 12.0 Å². The fraction of sp³-hybridized carbons (Fsp3) is 0.556. The van der Waals surface area contributed by atoms with Crippen LogP contribution in [0, 0.1) is 0 Å². The highest BCUT2D eigenvalue weighted by atomic mass is 16.6. The predicted octanol–water partition coefficient (Wildman–Crippen LogP) is 4.43. The zero-order valence-corrected chi connectivity index (χ0v) is 22.1. The number of fused-ring (bicyclic) bond motifs is 1. The van der Waals surface area contributed by atoms with Gasteiger partial charge in [-0.15, -0.1) is 0 Å². The van der Waals surface area contributed by atoms with Gasteiger partial charge in [-0.1, -0.05) is 20.3 Å². The maximum Gasteiger partial charge on any atom is 0.410 e. The van der Waals surface area contributed by atoms with Gasteiger partial charge in [0.15, 0.2) is 0 Å². The molecule has 36 heavy (non-hydrogen) atoms. The minimum absolute atomic E-state index is 0.0799. The smallest absolute Gasteiger partial charge is 0.410 e. The second kappa shape index (κ2) is 10.7. The van der Waals surface area contributed by atoms with Crippen LogP contribution in [0.15, 0.2) is 24.4 Å². The number of rotatable bonds is 7. The highest BCUT2D eigenvalue weighted by Gasteiger charge is 2.31. The third-order valence-corrected chi connectivity index (χ3v) is 6.54. The van der Waals surface area contributed by atoms with Crippen molar-refractivity contribution in [2.45, 2.75) is 72.1 Å². The molecule has 9 heteroatoms. The average molecular weight is 495 g/mol. The molecule has 194 valence electrons. The number of nitrogens with zero attached hydrogens (tertiary/aromatic N) is 4. The van der Waals surface area contributed by atoms with Crippen LogP contribution >= 0.6 is 0 Å². The molecule has 2 aromatic heterocycles. The summed E-state index contributed by atoms with van der Waals surface area (Å²) >= 11 is 0. The van der Waals surface area contributed by atoms with Gasteiger partial charge >= 0.3 is 6.09 Å². The van der Waals surface area contributed by atoms with Gasteiger partial charge in [0.05, 0.1) is 11.3 Å². The quantitative estimate of drug-likeness (QED) is 0.587. The van der Waals surface area contributed by atoms with Gasteiger partial charge in [0, 0.05) is 56.1 Å². The third-order valence-electron chi connectivity index (χ3n) is 6.54. The number of carbonyl (C=O) groups is 2. The van der Waals surface area contributed by atoms with Gasteiger partial charge in [0.25, 0.3) is 5.91 Å². The van der Waals surface area contributed by atoms with Crippen molar-refractivity contribution in [3.63, 3.8) is 0 Å². The maximum absolute atomic E-state index is 12.6. The normalized spacial score (nSPS) is 16.4. The van der Waals surface area contributed by atoms with Crippen molar-refractivity contribution >= 4 is 23.6 Å². The number of ether oxygens (including phenoxy) is 1. The van der Waals surface area contributed by atoms with E-state index in [2.05, 4.69) is 34.4 Å². The second-order valence-corrected chi connectivity index (χ2v) is 10.5. The van der Waals surface area contributed by atoms with Crippen LogP contribution in [-0.4, -0.2) is 64.7 Å². The first-order valence-electron chi connectivity index (χ1n) is 13.0. The Morgan fingerprint density at radius 3 is 2.61 bits per heavy atom. The molecule has 0 bridgehead atoms. The summed E-state index contributed by atoms with van der Waals surface area (Å²) in [6, 6.07) is 6.18. The monoisotopic (exact) mass is 494 g/mol. The number of carbonyl (C=O) groups excluding carboxylic acids is 2. The Morgan fingerprint density at radius 2 is 1.94 bits per heavy atom. The number of pyridine rings is 2. The fourth-order valence-electron chi connectivity index (χ4n) is 4.64. The molecule has 4 heterocycles. The molecule has 2 N–H and O–H groups in total. The molecule has 1 unspecified atom stereocenters. The molecule has 1 atom stereocenters. The molecule has 0 spiro atoms. The van der Waals surface area contributed by atoms with Crippen molar-refractivity contribution in [2.24, 2.45) is 0 Å². The van der Waals surface area contributed by atoms with E-state index in [0.717, 1.165) is 47.7 Å². The largest absolute Gasteiger partial charge is 0.444 e. The summed E-state index contributed by atoms with van der Waals surface area (Å²) < 4.78 is 5.53. The summed E-state index contributed by atoms with van der Waals surface area (Å²) in [4.78, 5) is 38.6. The zero-order chi connectivity index (χ0) is 25.9. The third kappa shape index (κ3) is 5.88. The standard InChI is InChI=1S/C27H38N6O3/c1-6-8-19(7-2)30-23-15-18(9-10-28-23)22-16-20-21(17-29-25(20)34)24(31-22)32-11-13-33(14-12-32)26(35)36-27(3,4)5/h9-10,15-16,19H,6-8,11-14,17H2,1-5H3,(H,28,30)(H,29,34). The Bertz CT molecular complexity index is 1110. The first-order chi connectivity index (χ1) is 17.2. The summed E-state index contributed by atoms with van der Waals surface area (Å²) in [6.45, 7) is 12.7. The summed E-state index contributed by atoms with van der Waals surface area (Å²) in [5, 5.41) is 6.47. The summed E-state index contributed by atoms with van der Waals surface area (Å²) in [5.41, 5.74) is 2.70. The van der Waals surface area contributed by atoms with E-state index in [1.165, 1.54) is 0 Å². The van der Waals surface area contributed by atoms with Gasteiger partial charge in [0.1, 0.15) is 17.2 Å². The lowest BCUT2D eigenvalue weighted by molar-refractivity contribution is 0.0240. The Morgan fingerprint density at radius 1 is 1.19 bits per heavy atom. The molecule has 2 aliphatic rings. The average Bonchev–Trinajstić information content (AvgIpc) is 3.23. The van der Waals surface area contributed by atoms with Crippen LogP contribution in [0.4, 0.5) is 16.4 Å². The zero-order valence-electron chi connectivity index (χ0n) is 22.1. The molecule has 0 aromatic carbocycles. The van der Waals surface area contributed by atoms with Crippen LogP contribution in [0.3, 0.4) is 0 Å². The molecular formula is C27H38N6O3. The number of anilines is 2. The van der Waals surface area contributed by atoms with Crippen LogP contribution in [0.1, 0.15) is 69.8 Å². The molecule has 1 fully saturated rings. The van der Waals surface area contributed by atoms with Crippen LogP contribution in [0.25, 0.3) is 11.3 Å². The van der Waals surface area contributed by atoms with E-state index in [0.29, 0.717) is 44.3 Å². The number of hydrogen-bond donors (Lipinski definition) is 2. The van der Waals surface area contributed by atoms with E-state index in [1.54, 1.807) is 11.1 Å². The molecule has 0 aliphatic carbocycles. The second-order valence-electron chi connectivity index (χ2n) is 10.5. The van der Waals surface area contributed by atoms with E-state index in [9.17, 15) is 9.59 Å². The van der Waals surface area contributed by atoms with Crippen molar-refractivity contribution < 1.29 is 14.3 Å². The van der Waals surface area contributed by atoms with Gasteiger partial charge in [0.2, 0.25) is 0 Å². The van der Waals surface area contributed by atoms with Crippen molar-refractivity contribution in [3.8, 4) is 11.3 Å². The van der Waals surface area contributed by atoms with E-state index >= 15 is 0 Å². The highest BCUT2D eigenvalue weighted by molar-refractivity contribution is 6.00. The number of hydrogen-bond acceptors (Lipinski definition) is 7. The molecule has 1 saturated heterocycles. The van der Waals surface area contributed by atoms with Gasteiger partial charge in [-0.3, -0.25) is 4.79 Å². The maximum atomic E-state index is 12.6. The summed E-state index contributed by atoms with van der Waals surface area (Å²) in [6.07, 6.45) is 4.70. The number of amides is 2. The minimum Gasteiger partial charge on any atom is -0.444 e. The van der Waals surface area contributed by atoms with Gasteiger partial charge in [-0.2, -0.15) is 0 Å². The Labute approximate surface area is 213 Å². The lowest BCUT2D eigenvalue weighted by Crippen LogP contribution is -2.50. The van der Waals surface area contributed by atoms with Gasteiger partial charge in [-0.25, -0.2) is 14.8 Å². The SMILES string of the molecule is CCCC(CC)Nc1cc(-c2cc3c(c(N4CCN(C(=O)OC(C)(C)C)CC4)n2)CNC3=O)ccn1. The Balaban J connectivity index is 1.58. The van der Waals surface area contributed by atoms with E-state index in [1.807, 2.05) is 39.0 Å². The molecular weight excluding hydrogens is 456 g/mol. The van der Waals surface area contributed by atoms with Crippen LogP contribution in [0.5, 0.6) is 0 Å². The first kappa shape index (κ1) is 25.7. The van der Waals surface area contributed by atoms with E-state index < -0.39 is 5.60 Å². The van der Waals surface area contributed by atoms with Crippen molar-refractivity contribution in [1.29, 1.82) is 0 Å². The fourth-order valence-corrected chi connectivity index (χ4v) is 4.64. The highest BCUT2D eigenvalue weighted by Crippen LogP contribution is 2.32. The van der Waals surface area contributed by atoms with Crippen molar-refractivity contribution in [3.05, 3.63) is 35.5 Å². The lowest BCUT2D eigenvalue weighted by Gasteiger charge is -2.36. The molecule has 2 amide bonds. The van der Waals surface area contributed by atoms with Crippen molar-refractivity contribution in [1.82, 2.24) is 20.2 Å². The van der Waals surface area contributed by atoms with Gasteiger partial charge in [-0.05, 0) is 51.8 Å². The van der Waals surface area contributed by atoms with Crippen LogP contribution in [-0.2, 0) is 11.3 Å². The molecule has 2 aromatic rings. The number of piperazine rings is 1. The molecule has 2 aliphatic heterocycles. The molecule has 0 saturated carbocycles. The molecule has 0 radical (unpaired) electrons. The predicted molar refractivity (Wildman–Crippen MR) is 141 cm³/mol. The topological polar surface area (TPSA) is 99.7 Å². The van der Waals surface area contributed by atoms with Crippen molar-refractivity contribution in [2.75, 3.05) is 36.4 Å². The van der Waals surface area contributed by atoms with E-state index in [4.69, 9.17) is 9.72 Å². The number of aromatic nitrogens is 2. The van der Waals surface area contributed by atoms with Crippen LogP contribution < -0.4 is 15.5 Å². The summed E-state index contributed by atoms with van der Waals surface area (Å²) in [7, 11) is 0. The van der Waals surface area contributed by atoms with Crippen LogP contribution in [0.2, 0.25) is 0 Å². The molecule has 9 nitrogen and oxygen atoms in total. The first-order valence-corrected chi connectivity index (χ1v) is 13.0. The summed E-state index contributed by atoms with van der Waals surface area (Å²) in [5.74, 6) is 1.53. The Hall–Kier alpha value is -3.36. The number of nitrogens with one attached hydrogen (secondary N) is 2.